The minimum Gasteiger partial charge on any atom is -0.466 e. The summed E-state index contributed by atoms with van der Waals surface area (Å²) in [5.74, 6) is -0.00153. The Bertz CT molecular complexity index is 499. The molecule has 0 bridgehead atoms. The third-order valence-electron chi connectivity index (χ3n) is 5.59. The third kappa shape index (κ3) is 26.5. The van der Waals surface area contributed by atoms with Crippen molar-refractivity contribution in [3.8, 4) is 0 Å². The van der Waals surface area contributed by atoms with Gasteiger partial charge in [-0.3, -0.25) is 4.79 Å². The Hall–Kier alpha value is -1.57. The molecule has 32 heavy (non-hydrogen) atoms. The standard InChI is InChI=1S/C30H52O2/c1-3-5-7-9-11-13-15-16-17-19-21-23-25-27-29-32-30(31)28-26-24-22-20-18-14-12-10-8-6-4-2/h4-11H,3,12-29H2,1-2H3/b6-4-,7-5-,10-8-,11-9-. The number of carbonyl (C=O) groups is 1. The maximum atomic E-state index is 11.8. The number of allylic oxidation sites excluding steroid dienone is 8. The minimum atomic E-state index is -0.00153. The third-order valence-corrected chi connectivity index (χ3v) is 5.59. The van der Waals surface area contributed by atoms with Crippen LogP contribution in [-0.4, -0.2) is 12.6 Å². The quantitative estimate of drug-likeness (QED) is 0.0890. The van der Waals surface area contributed by atoms with Crippen LogP contribution in [0.3, 0.4) is 0 Å². The van der Waals surface area contributed by atoms with Gasteiger partial charge in [0.25, 0.3) is 0 Å². The second-order valence-electron chi connectivity index (χ2n) is 8.72. The SMILES string of the molecule is C/C=C\C=C/CCCCCCCCC(=O)OCCCCCCCCCC/C=C\C=C/CC. The molecule has 0 heterocycles. The van der Waals surface area contributed by atoms with E-state index in [1.807, 2.05) is 6.92 Å². The molecule has 0 aliphatic heterocycles. The highest BCUT2D eigenvalue weighted by Crippen LogP contribution is 2.11. The molecule has 0 unspecified atom stereocenters. The van der Waals surface area contributed by atoms with Crippen LogP contribution < -0.4 is 0 Å². The topological polar surface area (TPSA) is 26.3 Å². The zero-order valence-electron chi connectivity index (χ0n) is 21.4. The summed E-state index contributed by atoms with van der Waals surface area (Å²) >= 11 is 0. The summed E-state index contributed by atoms with van der Waals surface area (Å²) in [5, 5.41) is 0. The number of hydrogen-bond acceptors (Lipinski definition) is 2. The predicted molar refractivity (Wildman–Crippen MR) is 142 cm³/mol. The van der Waals surface area contributed by atoms with Gasteiger partial charge >= 0.3 is 5.97 Å². The van der Waals surface area contributed by atoms with Gasteiger partial charge in [-0.25, -0.2) is 0 Å². The molecular weight excluding hydrogens is 392 g/mol. The molecule has 0 aromatic carbocycles. The molecule has 0 saturated carbocycles. The number of esters is 1. The summed E-state index contributed by atoms with van der Waals surface area (Å²) in [6, 6.07) is 0. The maximum absolute atomic E-state index is 11.8. The second kappa shape index (κ2) is 27.5. The zero-order valence-corrected chi connectivity index (χ0v) is 21.4. The smallest absolute Gasteiger partial charge is 0.305 e. The van der Waals surface area contributed by atoms with Crippen LogP contribution in [0.2, 0.25) is 0 Å². The Labute approximate surface area is 200 Å². The lowest BCUT2D eigenvalue weighted by molar-refractivity contribution is -0.143. The van der Waals surface area contributed by atoms with Crippen LogP contribution in [0.25, 0.3) is 0 Å². The van der Waals surface area contributed by atoms with Crippen molar-refractivity contribution >= 4 is 5.97 Å². The van der Waals surface area contributed by atoms with Gasteiger partial charge in [0.15, 0.2) is 0 Å². The van der Waals surface area contributed by atoms with E-state index in [0.29, 0.717) is 13.0 Å². The number of hydrogen-bond donors (Lipinski definition) is 0. The van der Waals surface area contributed by atoms with E-state index in [0.717, 1.165) is 25.7 Å². The zero-order chi connectivity index (χ0) is 23.4. The van der Waals surface area contributed by atoms with Gasteiger partial charge in [-0.15, -0.1) is 0 Å². The van der Waals surface area contributed by atoms with Crippen molar-refractivity contribution in [3.63, 3.8) is 0 Å². The molecule has 0 N–H and O–H groups in total. The fourth-order valence-corrected chi connectivity index (χ4v) is 3.60. The molecule has 0 saturated heterocycles. The number of carbonyl (C=O) groups excluding carboxylic acids is 1. The fourth-order valence-electron chi connectivity index (χ4n) is 3.60. The fraction of sp³-hybridized carbons (Fsp3) is 0.700. The number of rotatable bonds is 23. The first kappa shape index (κ1) is 30.4. The van der Waals surface area contributed by atoms with Crippen LogP contribution in [0.15, 0.2) is 48.6 Å². The molecule has 0 rings (SSSR count). The largest absolute Gasteiger partial charge is 0.466 e. The molecule has 184 valence electrons. The van der Waals surface area contributed by atoms with E-state index in [1.165, 1.54) is 83.5 Å². The second-order valence-corrected chi connectivity index (χ2v) is 8.72. The lowest BCUT2D eigenvalue weighted by Crippen LogP contribution is -2.05. The van der Waals surface area contributed by atoms with E-state index in [-0.39, 0.29) is 5.97 Å². The van der Waals surface area contributed by atoms with E-state index >= 15 is 0 Å². The van der Waals surface area contributed by atoms with E-state index < -0.39 is 0 Å². The monoisotopic (exact) mass is 444 g/mol. The number of ether oxygens (including phenoxy) is 1. The first-order valence-corrected chi connectivity index (χ1v) is 13.6. The van der Waals surface area contributed by atoms with E-state index in [1.54, 1.807) is 0 Å². The van der Waals surface area contributed by atoms with Gasteiger partial charge in [-0.05, 0) is 51.9 Å². The van der Waals surface area contributed by atoms with Crippen LogP contribution in [0, 0.1) is 0 Å². The molecule has 0 aromatic rings. The van der Waals surface area contributed by atoms with Crippen LogP contribution in [0.5, 0.6) is 0 Å². The van der Waals surface area contributed by atoms with E-state index in [4.69, 9.17) is 4.74 Å². The lowest BCUT2D eigenvalue weighted by Gasteiger charge is -2.05. The van der Waals surface area contributed by atoms with Gasteiger partial charge in [-0.2, -0.15) is 0 Å². The number of unbranched alkanes of at least 4 members (excludes halogenated alkanes) is 14. The highest BCUT2D eigenvalue weighted by molar-refractivity contribution is 5.69. The summed E-state index contributed by atoms with van der Waals surface area (Å²) < 4.78 is 5.38. The van der Waals surface area contributed by atoms with Gasteiger partial charge in [0, 0.05) is 6.42 Å². The minimum absolute atomic E-state index is 0.00153. The first-order valence-electron chi connectivity index (χ1n) is 13.6. The molecule has 2 heteroatoms. The van der Waals surface area contributed by atoms with Gasteiger partial charge in [0.2, 0.25) is 0 Å². The molecule has 2 nitrogen and oxygen atoms in total. The van der Waals surface area contributed by atoms with Gasteiger partial charge in [0.1, 0.15) is 0 Å². The van der Waals surface area contributed by atoms with Crippen molar-refractivity contribution in [1.29, 1.82) is 0 Å². The molecule has 0 aromatic heterocycles. The van der Waals surface area contributed by atoms with Crippen molar-refractivity contribution in [1.82, 2.24) is 0 Å². The summed E-state index contributed by atoms with van der Waals surface area (Å²) in [6.07, 6.45) is 38.7. The van der Waals surface area contributed by atoms with Crippen molar-refractivity contribution in [2.75, 3.05) is 6.61 Å². The van der Waals surface area contributed by atoms with Crippen LogP contribution in [-0.2, 0) is 9.53 Å². The highest BCUT2D eigenvalue weighted by Gasteiger charge is 2.02. The molecule has 0 aliphatic carbocycles. The summed E-state index contributed by atoms with van der Waals surface area (Å²) in [7, 11) is 0. The first-order chi connectivity index (χ1) is 15.8. The molecule has 0 radical (unpaired) electrons. The Balaban J connectivity index is 3.23. The molecule has 0 spiro atoms. The summed E-state index contributed by atoms with van der Waals surface area (Å²) in [5.41, 5.74) is 0. The lowest BCUT2D eigenvalue weighted by atomic mass is 10.1. The molecule has 0 fully saturated rings. The Kier molecular flexibility index (Phi) is 26.1. The molecular formula is C30H52O2. The predicted octanol–water partition coefficient (Wildman–Crippen LogP) is 9.82. The summed E-state index contributed by atoms with van der Waals surface area (Å²) in [4.78, 5) is 11.8. The van der Waals surface area contributed by atoms with Crippen molar-refractivity contribution in [2.45, 2.75) is 129 Å². The molecule has 0 atom stereocenters. The molecule has 0 amide bonds. The molecule has 0 aliphatic rings. The Morgan fingerprint density at radius 1 is 0.594 bits per heavy atom. The van der Waals surface area contributed by atoms with E-state index in [2.05, 4.69) is 55.5 Å². The highest BCUT2D eigenvalue weighted by atomic mass is 16.5. The maximum Gasteiger partial charge on any atom is 0.305 e. The van der Waals surface area contributed by atoms with Crippen LogP contribution in [0.4, 0.5) is 0 Å². The Morgan fingerprint density at radius 2 is 1.06 bits per heavy atom. The Morgan fingerprint density at radius 3 is 1.62 bits per heavy atom. The van der Waals surface area contributed by atoms with Gasteiger partial charge in [-0.1, -0.05) is 120 Å². The van der Waals surface area contributed by atoms with Crippen LogP contribution >= 0.6 is 0 Å². The van der Waals surface area contributed by atoms with Crippen LogP contribution in [0.1, 0.15) is 129 Å². The normalized spacial score (nSPS) is 12.2. The van der Waals surface area contributed by atoms with E-state index in [9.17, 15) is 4.79 Å². The van der Waals surface area contributed by atoms with Crippen molar-refractivity contribution in [2.24, 2.45) is 0 Å². The van der Waals surface area contributed by atoms with Crippen molar-refractivity contribution < 1.29 is 9.53 Å². The van der Waals surface area contributed by atoms with Crippen molar-refractivity contribution in [3.05, 3.63) is 48.6 Å². The average Bonchev–Trinajstić information content (AvgIpc) is 2.80. The van der Waals surface area contributed by atoms with Gasteiger partial charge < -0.3 is 4.74 Å². The average molecular weight is 445 g/mol. The summed E-state index contributed by atoms with van der Waals surface area (Å²) in [6.45, 7) is 4.81. The van der Waals surface area contributed by atoms with Gasteiger partial charge in [0.05, 0.1) is 6.61 Å².